The van der Waals surface area contributed by atoms with Gasteiger partial charge in [-0.15, -0.1) is 0 Å². The second-order valence-corrected chi connectivity index (χ2v) is 12.3. The molecule has 0 saturated heterocycles. The molecule has 1 saturated carbocycles. The second kappa shape index (κ2) is 15.3. The van der Waals surface area contributed by atoms with Gasteiger partial charge in [-0.3, -0.25) is 14.4 Å². The minimum absolute atomic E-state index is 0.00208. The number of hydrogen-bond acceptors (Lipinski definition) is 5. The van der Waals surface area contributed by atoms with Crippen LogP contribution in [0.2, 0.25) is 10.0 Å². The molecule has 1 aliphatic carbocycles. The van der Waals surface area contributed by atoms with Gasteiger partial charge in [-0.05, 0) is 48.4 Å². The van der Waals surface area contributed by atoms with Crippen molar-refractivity contribution in [3.05, 3.63) is 105 Å². The fourth-order valence-electron chi connectivity index (χ4n) is 5.20. The molecule has 0 aromatic heterocycles. The molecule has 1 heterocycles. The summed E-state index contributed by atoms with van der Waals surface area (Å²) in [6.45, 7) is 1.12. The predicted octanol–water partition coefficient (Wildman–Crippen LogP) is 5.69. The van der Waals surface area contributed by atoms with E-state index in [2.05, 4.69) is 17.2 Å². The Kier molecular flexibility index (Phi) is 11.0. The van der Waals surface area contributed by atoms with Crippen molar-refractivity contribution in [3.8, 4) is 11.8 Å². The topological polar surface area (TPSA) is 96.0 Å². The van der Waals surface area contributed by atoms with Gasteiger partial charge in [0.2, 0.25) is 5.91 Å². The van der Waals surface area contributed by atoms with Crippen LogP contribution in [0.15, 0.2) is 66.7 Å². The van der Waals surface area contributed by atoms with Crippen LogP contribution < -0.4 is 5.32 Å². The van der Waals surface area contributed by atoms with Crippen molar-refractivity contribution < 1.29 is 23.9 Å². The highest BCUT2D eigenvalue weighted by atomic mass is 35.5. The molecular formula is C36H35Cl2N3O5. The number of esters is 1. The molecule has 5 rings (SSSR count). The molecule has 3 amide bonds. The molecular weight excluding hydrogens is 625 g/mol. The smallest absolute Gasteiger partial charge is 0.328 e. The van der Waals surface area contributed by atoms with Crippen LogP contribution in [0, 0.1) is 17.8 Å². The van der Waals surface area contributed by atoms with Crippen LogP contribution in [0.1, 0.15) is 63.1 Å². The van der Waals surface area contributed by atoms with E-state index in [0.29, 0.717) is 43.1 Å². The van der Waals surface area contributed by atoms with E-state index in [4.69, 9.17) is 27.9 Å². The SMILES string of the molecule is CN(Cc1ccccc1)C(=O)CC[C@H](NC(=O)c1c(Cl)cc2c(c1Cl)CCN(CC#CC1CC1)C2=O)C(=O)OCc1ccccc1. The molecule has 0 spiro atoms. The Morgan fingerprint density at radius 2 is 1.72 bits per heavy atom. The Morgan fingerprint density at radius 1 is 1.04 bits per heavy atom. The number of halogens is 2. The van der Waals surface area contributed by atoms with Crippen molar-refractivity contribution in [2.24, 2.45) is 5.92 Å². The zero-order valence-corrected chi connectivity index (χ0v) is 27.1. The van der Waals surface area contributed by atoms with E-state index in [-0.39, 0.29) is 46.9 Å². The molecule has 1 N–H and O–H groups in total. The summed E-state index contributed by atoms with van der Waals surface area (Å²) in [5, 5.41) is 2.74. The monoisotopic (exact) mass is 659 g/mol. The van der Waals surface area contributed by atoms with Crippen LogP contribution in [0.25, 0.3) is 0 Å². The summed E-state index contributed by atoms with van der Waals surface area (Å²) in [6, 6.07) is 19.0. The van der Waals surface area contributed by atoms with Crippen LogP contribution in [-0.2, 0) is 33.9 Å². The molecule has 46 heavy (non-hydrogen) atoms. The van der Waals surface area contributed by atoms with Gasteiger partial charge >= 0.3 is 5.97 Å². The van der Waals surface area contributed by atoms with Gasteiger partial charge in [0, 0.05) is 38.0 Å². The van der Waals surface area contributed by atoms with Gasteiger partial charge < -0.3 is 19.9 Å². The minimum Gasteiger partial charge on any atom is -0.459 e. The third kappa shape index (κ3) is 8.48. The summed E-state index contributed by atoms with van der Waals surface area (Å²) < 4.78 is 5.54. The Balaban J connectivity index is 1.30. The number of benzene rings is 3. The quantitative estimate of drug-likeness (QED) is 0.211. The van der Waals surface area contributed by atoms with Gasteiger partial charge in [-0.1, -0.05) is 95.7 Å². The third-order valence-corrected chi connectivity index (χ3v) is 8.71. The zero-order chi connectivity index (χ0) is 32.6. The minimum atomic E-state index is -1.16. The summed E-state index contributed by atoms with van der Waals surface area (Å²) in [6.07, 6.45) is 2.61. The highest BCUT2D eigenvalue weighted by Crippen LogP contribution is 2.35. The highest BCUT2D eigenvalue weighted by molar-refractivity contribution is 6.41. The summed E-state index contributed by atoms with van der Waals surface area (Å²) in [4.78, 5) is 56.4. The molecule has 10 heteroatoms. The van der Waals surface area contributed by atoms with Gasteiger partial charge in [-0.25, -0.2) is 4.79 Å². The maximum atomic E-state index is 13.6. The summed E-state index contributed by atoms with van der Waals surface area (Å²) in [5.74, 6) is 4.84. The normalized spacial score (nSPS) is 14.4. The molecule has 3 aromatic carbocycles. The van der Waals surface area contributed by atoms with Crippen molar-refractivity contribution in [2.45, 2.75) is 51.3 Å². The number of rotatable bonds is 11. The molecule has 3 aromatic rings. The lowest BCUT2D eigenvalue weighted by Crippen LogP contribution is -2.43. The van der Waals surface area contributed by atoms with Crippen LogP contribution in [0.4, 0.5) is 0 Å². The molecule has 0 unspecified atom stereocenters. The maximum Gasteiger partial charge on any atom is 0.328 e. The van der Waals surface area contributed by atoms with Gasteiger partial charge in [-0.2, -0.15) is 0 Å². The molecule has 2 aliphatic rings. The van der Waals surface area contributed by atoms with E-state index in [1.165, 1.54) is 6.07 Å². The van der Waals surface area contributed by atoms with Gasteiger partial charge in [0.25, 0.3) is 11.8 Å². The van der Waals surface area contributed by atoms with Crippen LogP contribution in [0.3, 0.4) is 0 Å². The highest BCUT2D eigenvalue weighted by Gasteiger charge is 2.32. The summed E-state index contributed by atoms with van der Waals surface area (Å²) in [5.41, 5.74) is 2.56. The fourth-order valence-corrected chi connectivity index (χ4v) is 5.92. The number of ether oxygens (including phenoxy) is 1. The first kappa shape index (κ1) is 33.1. The standard InChI is InChI=1S/C36H35Cl2N3O5/c1-40(22-25-9-4-2-5-10-25)31(42)17-16-30(36(45)46-23-26-11-6-3-7-12-26)39-34(43)32-29(37)21-28-27(33(32)38)18-20-41(35(28)44)19-8-13-24-14-15-24/h2-7,9-12,21,24,30H,14-20,22-23H2,1H3,(H,39,43)/t30-/m0/s1. The lowest BCUT2D eigenvalue weighted by atomic mass is 9.95. The molecule has 0 bridgehead atoms. The molecule has 238 valence electrons. The number of nitrogens with one attached hydrogen (secondary N) is 1. The Labute approximate surface area is 279 Å². The molecule has 8 nitrogen and oxygen atoms in total. The molecule has 0 radical (unpaired) electrons. The lowest BCUT2D eigenvalue weighted by molar-refractivity contribution is -0.147. The number of nitrogens with zero attached hydrogens (tertiary/aromatic N) is 2. The fraction of sp³-hybridized carbons (Fsp3) is 0.333. The average Bonchev–Trinajstić information content (AvgIpc) is 3.88. The van der Waals surface area contributed by atoms with E-state index in [1.54, 1.807) is 16.8 Å². The first-order valence-electron chi connectivity index (χ1n) is 15.3. The van der Waals surface area contributed by atoms with Crippen LogP contribution in [-0.4, -0.2) is 59.7 Å². The van der Waals surface area contributed by atoms with Crippen molar-refractivity contribution in [1.29, 1.82) is 0 Å². The van der Waals surface area contributed by atoms with Crippen molar-refractivity contribution >= 4 is 46.9 Å². The second-order valence-electron chi connectivity index (χ2n) is 11.5. The third-order valence-electron chi connectivity index (χ3n) is 8.00. The summed E-state index contributed by atoms with van der Waals surface area (Å²) >= 11 is 13.3. The summed E-state index contributed by atoms with van der Waals surface area (Å²) in [7, 11) is 1.69. The molecule has 1 fully saturated rings. The Morgan fingerprint density at radius 3 is 2.39 bits per heavy atom. The first-order chi connectivity index (χ1) is 22.2. The van der Waals surface area contributed by atoms with E-state index in [1.807, 2.05) is 60.7 Å². The van der Waals surface area contributed by atoms with E-state index in [9.17, 15) is 19.2 Å². The number of carbonyl (C=O) groups excluding carboxylic acids is 4. The molecule has 1 aliphatic heterocycles. The van der Waals surface area contributed by atoms with Gasteiger partial charge in [0.05, 0.1) is 22.2 Å². The number of amides is 3. The number of carbonyl (C=O) groups is 4. The van der Waals surface area contributed by atoms with Crippen LogP contribution >= 0.6 is 23.2 Å². The number of hydrogen-bond donors (Lipinski definition) is 1. The Bertz CT molecular complexity index is 1670. The largest absolute Gasteiger partial charge is 0.459 e. The predicted molar refractivity (Wildman–Crippen MR) is 176 cm³/mol. The van der Waals surface area contributed by atoms with E-state index in [0.717, 1.165) is 24.0 Å². The van der Waals surface area contributed by atoms with Crippen molar-refractivity contribution in [2.75, 3.05) is 20.1 Å². The maximum absolute atomic E-state index is 13.6. The van der Waals surface area contributed by atoms with Crippen LogP contribution in [0.5, 0.6) is 0 Å². The molecule has 1 atom stereocenters. The van der Waals surface area contributed by atoms with E-state index >= 15 is 0 Å². The Hall–Kier alpha value is -4.32. The van der Waals surface area contributed by atoms with Crippen molar-refractivity contribution in [3.63, 3.8) is 0 Å². The lowest BCUT2D eigenvalue weighted by Gasteiger charge is -2.28. The first-order valence-corrected chi connectivity index (χ1v) is 16.0. The van der Waals surface area contributed by atoms with Crippen molar-refractivity contribution in [1.82, 2.24) is 15.1 Å². The average molecular weight is 661 g/mol. The zero-order valence-electron chi connectivity index (χ0n) is 25.6. The van der Waals surface area contributed by atoms with Gasteiger partial charge in [0.15, 0.2) is 0 Å². The number of fused-ring (bicyclic) bond motifs is 1. The van der Waals surface area contributed by atoms with Gasteiger partial charge in [0.1, 0.15) is 12.6 Å². The van der Waals surface area contributed by atoms with E-state index < -0.39 is 17.9 Å².